The van der Waals surface area contributed by atoms with Crippen LogP contribution in [-0.4, -0.2) is 16.0 Å². The lowest BCUT2D eigenvalue weighted by molar-refractivity contribution is 0.318. The van der Waals surface area contributed by atoms with E-state index in [4.69, 9.17) is 15.7 Å². The Kier molecular flexibility index (Phi) is 3.96. The summed E-state index contributed by atoms with van der Waals surface area (Å²) in [7, 11) is 0. The van der Waals surface area contributed by atoms with Gasteiger partial charge in [0.15, 0.2) is 5.84 Å². The number of ether oxygens (including phenoxy) is 1. The Labute approximate surface area is 116 Å². The summed E-state index contributed by atoms with van der Waals surface area (Å²) in [6, 6.07) is 7.49. The highest BCUT2D eigenvalue weighted by molar-refractivity contribution is 9.10. The van der Waals surface area contributed by atoms with E-state index in [2.05, 4.69) is 26.1 Å². The number of nitrogens with zero attached hydrogens (tertiary/aromatic N) is 2. The number of halogens is 2. The van der Waals surface area contributed by atoms with Gasteiger partial charge in [0.2, 0.25) is 5.88 Å². The smallest absolute Gasteiger partial charge is 0.219 e. The molecule has 0 amide bonds. The molecule has 0 spiro atoms. The number of benzene rings is 1. The fraction of sp³-hybridized carbons (Fsp3) is 0. The molecule has 0 bridgehead atoms. The Bertz CT molecular complexity index is 617. The van der Waals surface area contributed by atoms with Crippen molar-refractivity contribution >= 4 is 21.8 Å². The summed E-state index contributed by atoms with van der Waals surface area (Å²) in [5.74, 6) is 0.125. The van der Waals surface area contributed by atoms with Crippen LogP contribution >= 0.6 is 15.9 Å². The van der Waals surface area contributed by atoms with E-state index in [-0.39, 0.29) is 11.7 Å². The van der Waals surface area contributed by atoms with Gasteiger partial charge in [-0.05, 0) is 34.1 Å². The Morgan fingerprint density at radius 3 is 2.74 bits per heavy atom. The van der Waals surface area contributed by atoms with Crippen molar-refractivity contribution in [3.8, 4) is 11.6 Å². The van der Waals surface area contributed by atoms with Gasteiger partial charge >= 0.3 is 0 Å². The molecule has 0 fully saturated rings. The average Bonchev–Trinajstić information content (AvgIpc) is 2.43. The first kappa shape index (κ1) is 13.3. The highest BCUT2D eigenvalue weighted by Crippen LogP contribution is 2.24. The molecule has 5 nitrogen and oxygen atoms in total. The Morgan fingerprint density at radius 1 is 1.37 bits per heavy atom. The molecule has 2 rings (SSSR count). The van der Waals surface area contributed by atoms with Gasteiger partial charge in [0.05, 0.1) is 4.47 Å². The van der Waals surface area contributed by atoms with Crippen molar-refractivity contribution in [2.24, 2.45) is 10.9 Å². The number of hydrogen-bond donors (Lipinski definition) is 2. The van der Waals surface area contributed by atoms with Crippen LogP contribution in [0.15, 0.2) is 46.2 Å². The first-order chi connectivity index (χ1) is 9.10. The zero-order valence-electron chi connectivity index (χ0n) is 9.55. The van der Waals surface area contributed by atoms with Crippen molar-refractivity contribution in [2.75, 3.05) is 0 Å². The Balaban J connectivity index is 2.17. The first-order valence-corrected chi connectivity index (χ1v) is 5.96. The van der Waals surface area contributed by atoms with Gasteiger partial charge in [0, 0.05) is 23.9 Å². The molecule has 0 atom stereocenters. The summed E-state index contributed by atoms with van der Waals surface area (Å²) in [6.45, 7) is 0. The number of nitrogens with two attached hydrogens (primary N) is 1. The molecular formula is C12H9BrFN3O2. The largest absolute Gasteiger partial charge is 0.439 e. The third kappa shape index (κ3) is 3.19. The van der Waals surface area contributed by atoms with Crippen LogP contribution in [0.3, 0.4) is 0 Å². The van der Waals surface area contributed by atoms with E-state index in [9.17, 15) is 4.39 Å². The minimum absolute atomic E-state index is 0.0475. The number of oxime groups is 1. The lowest BCUT2D eigenvalue weighted by atomic mass is 10.3. The van der Waals surface area contributed by atoms with Crippen LogP contribution in [0.1, 0.15) is 5.56 Å². The number of pyridine rings is 1. The SMILES string of the molecule is NC(=NO)c1ccc(Oc2ccc(Br)c(F)c2)nc1. The van der Waals surface area contributed by atoms with Crippen molar-refractivity contribution in [1.29, 1.82) is 0 Å². The summed E-state index contributed by atoms with van der Waals surface area (Å²) in [5, 5.41) is 11.4. The molecule has 7 heteroatoms. The summed E-state index contributed by atoms with van der Waals surface area (Å²) >= 11 is 3.05. The standard InChI is InChI=1S/C12H9BrFN3O2/c13-9-3-2-8(5-10(9)14)19-11-4-1-7(6-16-11)12(15)17-18/h1-6,18H,(H2,15,17). The van der Waals surface area contributed by atoms with E-state index in [0.717, 1.165) is 0 Å². The molecule has 1 aromatic carbocycles. The molecule has 0 radical (unpaired) electrons. The lowest BCUT2D eigenvalue weighted by Gasteiger charge is -2.06. The molecule has 19 heavy (non-hydrogen) atoms. The summed E-state index contributed by atoms with van der Waals surface area (Å²) in [4.78, 5) is 3.97. The van der Waals surface area contributed by atoms with Crippen molar-refractivity contribution in [1.82, 2.24) is 4.98 Å². The third-order valence-electron chi connectivity index (χ3n) is 2.25. The van der Waals surface area contributed by atoms with Crippen molar-refractivity contribution in [2.45, 2.75) is 0 Å². The molecule has 0 unspecified atom stereocenters. The fourth-order valence-electron chi connectivity index (χ4n) is 1.31. The predicted molar refractivity (Wildman–Crippen MR) is 70.9 cm³/mol. The van der Waals surface area contributed by atoms with Crippen molar-refractivity contribution in [3.05, 3.63) is 52.4 Å². The lowest BCUT2D eigenvalue weighted by Crippen LogP contribution is -2.13. The van der Waals surface area contributed by atoms with Crippen LogP contribution in [0.5, 0.6) is 11.6 Å². The van der Waals surface area contributed by atoms with Crippen LogP contribution in [0.25, 0.3) is 0 Å². The highest BCUT2D eigenvalue weighted by Gasteiger charge is 2.05. The van der Waals surface area contributed by atoms with Gasteiger partial charge in [0.25, 0.3) is 0 Å². The van der Waals surface area contributed by atoms with Crippen molar-refractivity contribution in [3.63, 3.8) is 0 Å². The maximum absolute atomic E-state index is 13.3. The maximum atomic E-state index is 13.3. The number of aromatic nitrogens is 1. The molecular weight excluding hydrogens is 317 g/mol. The summed E-state index contributed by atoms with van der Waals surface area (Å²) < 4.78 is 19.0. The minimum Gasteiger partial charge on any atom is -0.439 e. The molecule has 0 aliphatic carbocycles. The quantitative estimate of drug-likeness (QED) is 0.393. The highest BCUT2D eigenvalue weighted by atomic mass is 79.9. The van der Waals surface area contributed by atoms with Crippen LogP contribution < -0.4 is 10.5 Å². The molecule has 1 aromatic heterocycles. The molecule has 98 valence electrons. The summed E-state index contributed by atoms with van der Waals surface area (Å²) in [6.07, 6.45) is 1.39. The molecule has 0 aliphatic heterocycles. The van der Waals surface area contributed by atoms with E-state index in [1.807, 2.05) is 0 Å². The molecule has 3 N–H and O–H groups in total. The van der Waals surface area contributed by atoms with Gasteiger partial charge in [-0.1, -0.05) is 5.16 Å². The van der Waals surface area contributed by atoms with E-state index in [1.54, 1.807) is 12.1 Å². The molecule has 1 heterocycles. The van der Waals surface area contributed by atoms with Gasteiger partial charge in [-0.15, -0.1) is 0 Å². The minimum atomic E-state index is -0.425. The zero-order chi connectivity index (χ0) is 13.8. The van der Waals surface area contributed by atoms with Crippen LogP contribution in [0.2, 0.25) is 0 Å². The summed E-state index contributed by atoms with van der Waals surface area (Å²) in [5.41, 5.74) is 5.85. The van der Waals surface area contributed by atoms with Gasteiger partial charge < -0.3 is 15.7 Å². The maximum Gasteiger partial charge on any atom is 0.219 e. The average molecular weight is 326 g/mol. The Hall–Kier alpha value is -2.15. The van der Waals surface area contributed by atoms with Gasteiger partial charge in [0.1, 0.15) is 11.6 Å². The van der Waals surface area contributed by atoms with E-state index >= 15 is 0 Å². The monoisotopic (exact) mass is 325 g/mol. The van der Waals surface area contributed by atoms with Crippen LogP contribution in [0.4, 0.5) is 4.39 Å². The van der Waals surface area contributed by atoms with Crippen molar-refractivity contribution < 1.29 is 14.3 Å². The third-order valence-corrected chi connectivity index (χ3v) is 2.90. The van der Waals surface area contributed by atoms with E-state index in [1.165, 1.54) is 24.4 Å². The molecule has 0 aliphatic rings. The number of hydrogen-bond acceptors (Lipinski definition) is 4. The second-order valence-corrected chi connectivity index (χ2v) is 4.40. The van der Waals surface area contributed by atoms with E-state index in [0.29, 0.717) is 15.8 Å². The van der Waals surface area contributed by atoms with E-state index < -0.39 is 5.82 Å². The predicted octanol–water partition coefficient (Wildman–Crippen LogP) is 2.87. The second kappa shape index (κ2) is 5.66. The fourth-order valence-corrected chi connectivity index (χ4v) is 1.56. The Morgan fingerprint density at radius 2 is 2.16 bits per heavy atom. The topological polar surface area (TPSA) is 80.7 Å². The zero-order valence-corrected chi connectivity index (χ0v) is 11.1. The second-order valence-electron chi connectivity index (χ2n) is 3.55. The number of rotatable bonds is 3. The number of amidine groups is 1. The van der Waals surface area contributed by atoms with Gasteiger partial charge in [-0.25, -0.2) is 9.37 Å². The van der Waals surface area contributed by atoms with Crippen LogP contribution in [0, 0.1) is 5.82 Å². The molecule has 0 saturated heterocycles. The van der Waals surface area contributed by atoms with Crippen LogP contribution in [-0.2, 0) is 0 Å². The van der Waals surface area contributed by atoms with Gasteiger partial charge in [-0.2, -0.15) is 0 Å². The molecule has 2 aromatic rings. The van der Waals surface area contributed by atoms with Gasteiger partial charge in [-0.3, -0.25) is 0 Å². The first-order valence-electron chi connectivity index (χ1n) is 5.17. The normalized spacial score (nSPS) is 11.4. The molecule has 0 saturated carbocycles.